The normalized spacial score (nSPS) is 18.3. The van der Waals surface area contributed by atoms with Crippen LogP contribution in [0.1, 0.15) is 43.2 Å². The first-order valence-electron chi connectivity index (χ1n) is 8.90. The number of halogens is 1. The van der Waals surface area contributed by atoms with E-state index < -0.39 is 0 Å². The molecule has 4 rings (SSSR count). The Bertz CT molecular complexity index is 712. The van der Waals surface area contributed by atoms with Crippen LogP contribution in [0.15, 0.2) is 30.5 Å². The van der Waals surface area contributed by atoms with Crippen molar-refractivity contribution < 1.29 is 0 Å². The fraction of sp³-hybridized carbons (Fsp3) is 0.474. The van der Waals surface area contributed by atoms with Gasteiger partial charge in [-0.15, -0.1) is 0 Å². The van der Waals surface area contributed by atoms with Crippen LogP contribution in [0.3, 0.4) is 0 Å². The van der Waals surface area contributed by atoms with E-state index in [1.807, 2.05) is 18.3 Å². The molecule has 0 saturated heterocycles. The van der Waals surface area contributed by atoms with E-state index in [4.69, 9.17) is 16.6 Å². The number of hydrogen-bond donors (Lipinski definition) is 1. The molecule has 0 unspecified atom stereocenters. The molecule has 0 atom stereocenters. The molecule has 5 heteroatoms. The maximum Gasteiger partial charge on any atom is 0.224 e. The summed E-state index contributed by atoms with van der Waals surface area (Å²) < 4.78 is 0. The quantitative estimate of drug-likeness (QED) is 0.895. The Morgan fingerprint density at radius 3 is 2.83 bits per heavy atom. The molecule has 1 N–H and O–H groups in total. The molecule has 1 aromatic carbocycles. The summed E-state index contributed by atoms with van der Waals surface area (Å²) in [5, 5.41) is 4.34. The van der Waals surface area contributed by atoms with Crippen molar-refractivity contribution in [3.63, 3.8) is 0 Å². The first-order chi connectivity index (χ1) is 11.8. The summed E-state index contributed by atoms with van der Waals surface area (Å²) in [6, 6.07) is 8.72. The van der Waals surface area contributed by atoms with Crippen molar-refractivity contribution in [3.8, 4) is 0 Å². The molecule has 2 aromatic rings. The molecule has 0 radical (unpaired) electrons. The van der Waals surface area contributed by atoms with Crippen LogP contribution < -0.4 is 10.2 Å². The maximum atomic E-state index is 6.10. The fourth-order valence-corrected chi connectivity index (χ4v) is 3.94. The van der Waals surface area contributed by atoms with Crippen LogP contribution in [0.25, 0.3) is 0 Å². The molecule has 24 heavy (non-hydrogen) atoms. The van der Waals surface area contributed by atoms with Crippen molar-refractivity contribution in [2.24, 2.45) is 0 Å². The van der Waals surface area contributed by atoms with Crippen LogP contribution in [0.2, 0.25) is 5.02 Å². The van der Waals surface area contributed by atoms with E-state index in [0.717, 1.165) is 36.3 Å². The number of anilines is 2. The largest absolute Gasteiger partial charge is 0.352 e. The highest BCUT2D eigenvalue weighted by atomic mass is 35.5. The van der Waals surface area contributed by atoms with Crippen molar-refractivity contribution in [1.29, 1.82) is 0 Å². The van der Waals surface area contributed by atoms with Gasteiger partial charge in [0.25, 0.3) is 0 Å². The van der Waals surface area contributed by atoms with Crippen LogP contribution in [0.4, 0.5) is 11.8 Å². The molecule has 1 aliphatic carbocycles. The van der Waals surface area contributed by atoms with Gasteiger partial charge in [0.2, 0.25) is 5.95 Å². The summed E-state index contributed by atoms with van der Waals surface area (Å²) in [6.45, 7) is 1.85. The van der Waals surface area contributed by atoms with Gasteiger partial charge in [0, 0.05) is 30.4 Å². The number of benzene rings is 1. The number of fused-ring (bicyclic) bond motifs is 1. The Kier molecular flexibility index (Phi) is 4.56. The third kappa shape index (κ3) is 3.48. The third-order valence-corrected chi connectivity index (χ3v) is 5.32. The molecule has 1 aliphatic heterocycles. The SMILES string of the molecule is Clc1ccc2c(c1)CCN(c1ccnc(NC3CCCCC3)n1)C2. The van der Waals surface area contributed by atoms with Gasteiger partial charge in [-0.3, -0.25) is 0 Å². The number of nitrogens with one attached hydrogen (secondary N) is 1. The Balaban J connectivity index is 1.48. The Labute approximate surface area is 148 Å². The lowest BCUT2D eigenvalue weighted by Crippen LogP contribution is -2.31. The minimum absolute atomic E-state index is 0.526. The lowest BCUT2D eigenvalue weighted by molar-refractivity contribution is 0.461. The number of nitrogens with zero attached hydrogens (tertiary/aromatic N) is 3. The summed E-state index contributed by atoms with van der Waals surface area (Å²) in [5.41, 5.74) is 2.69. The highest BCUT2D eigenvalue weighted by Crippen LogP contribution is 2.26. The van der Waals surface area contributed by atoms with Gasteiger partial charge in [0.1, 0.15) is 5.82 Å². The van der Waals surface area contributed by atoms with Crippen molar-refractivity contribution in [1.82, 2.24) is 9.97 Å². The van der Waals surface area contributed by atoms with E-state index in [9.17, 15) is 0 Å². The molecule has 2 heterocycles. The molecule has 1 saturated carbocycles. The average Bonchev–Trinajstić information content (AvgIpc) is 2.62. The number of hydrogen-bond acceptors (Lipinski definition) is 4. The number of aromatic nitrogens is 2. The summed E-state index contributed by atoms with van der Waals surface area (Å²) in [7, 11) is 0. The summed E-state index contributed by atoms with van der Waals surface area (Å²) in [4.78, 5) is 11.5. The smallest absolute Gasteiger partial charge is 0.224 e. The van der Waals surface area contributed by atoms with Gasteiger partial charge in [-0.1, -0.05) is 36.9 Å². The first-order valence-corrected chi connectivity index (χ1v) is 9.27. The average molecular weight is 343 g/mol. The van der Waals surface area contributed by atoms with E-state index in [0.29, 0.717) is 6.04 Å². The first kappa shape index (κ1) is 15.7. The Morgan fingerprint density at radius 2 is 1.96 bits per heavy atom. The zero-order chi connectivity index (χ0) is 16.4. The van der Waals surface area contributed by atoms with Gasteiger partial charge < -0.3 is 10.2 Å². The van der Waals surface area contributed by atoms with Gasteiger partial charge in [0.15, 0.2) is 0 Å². The van der Waals surface area contributed by atoms with Crippen molar-refractivity contribution in [2.45, 2.75) is 51.1 Å². The van der Waals surface area contributed by atoms with Crippen LogP contribution in [-0.4, -0.2) is 22.6 Å². The third-order valence-electron chi connectivity index (χ3n) is 5.08. The molecule has 1 aromatic heterocycles. The van der Waals surface area contributed by atoms with Crippen LogP contribution in [0, 0.1) is 0 Å². The maximum absolute atomic E-state index is 6.10. The van der Waals surface area contributed by atoms with Gasteiger partial charge in [0.05, 0.1) is 0 Å². The lowest BCUT2D eigenvalue weighted by Gasteiger charge is -2.30. The summed E-state index contributed by atoms with van der Waals surface area (Å²) >= 11 is 6.10. The lowest BCUT2D eigenvalue weighted by atomic mass is 9.96. The molecule has 4 nitrogen and oxygen atoms in total. The minimum atomic E-state index is 0.526. The van der Waals surface area contributed by atoms with Crippen molar-refractivity contribution in [2.75, 3.05) is 16.8 Å². The standard InChI is InChI=1S/C19H23ClN4/c20-16-7-6-15-13-24(11-9-14(15)12-16)18-8-10-21-19(23-18)22-17-4-2-1-3-5-17/h6-8,10,12,17H,1-5,9,11,13H2,(H,21,22,23). The van der Waals surface area contributed by atoms with E-state index in [1.54, 1.807) is 0 Å². The van der Waals surface area contributed by atoms with Gasteiger partial charge in [-0.25, -0.2) is 4.98 Å². The predicted molar refractivity (Wildman–Crippen MR) is 98.7 cm³/mol. The second kappa shape index (κ2) is 6.98. The highest BCUT2D eigenvalue weighted by molar-refractivity contribution is 6.30. The molecule has 0 amide bonds. The minimum Gasteiger partial charge on any atom is -0.352 e. The summed E-state index contributed by atoms with van der Waals surface area (Å²) in [6.07, 6.45) is 9.30. The zero-order valence-electron chi connectivity index (χ0n) is 13.8. The van der Waals surface area contributed by atoms with Gasteiger partial charge in [-0.05, 0) is 48.6 Å². The molecule has 1 fully saturated rings. The molecule has 0 spiro atoms. The monoisotopic (exact) mass is 342 g/mol. The zero-order valence-corrected chi connectivity index (χ0v) is 14.6. The molecular formula is C19H23ClN4. The van der Waals surface area contributed by atoms with Crippen molar-refractivity contribution >= 4 is 23.4 Å². The second-order valence-electron chi connectivity index (χ2n) is 6.80. The van der Waals surface area contributed by atoms with E-state index in [2.05, 4.69) is 27.3 Å². The van der Waals surface area contributed by atoms with Crippen LogP contribution in [-0.2, 0) is 13.0 Å². The van der Waals surface area contributed by atoms with E-state index in [1.165, 1.54) is 43.2 Å². The molecule has 126 valence electrons. The number of rotatable bonds is 3. The van der Waals surface area contributed by atoms with Gasteiger partial charge in [-0.2, -0.15) is 4.98 Å². The van der Waals surface area contributed by atoms with Crippen molar-refractivity contribution in [3.05, 3.63) is 46.6 Å². The Morgan fingerprint density at radius 1 is 1.08 bits per heavy atom. The highest BCUT2D eigenvalue weighted by Gasteiger charge is 2.19. The van der Waals surface area contributed by atoms with Gasteiger partial charge >= 0.3 is 0 Å². The van der Waals surface area contributed by atoms with E-state index >= 15 is 0 Å². The predicted octanol–water partition coefficient (Wildman–Crippen LogP) is 4.44. The van der Waals surface area contributed by atoms with Crippen LogP contribution in [0.5, 0.6) is 0 Å². The molecule has 0 bridgehead atoms. The molecule has 2 aliphatic rings. The van der Waals surface area contributed by atoms with E-state index in [-0.39, 0.29) is 0 Å². The Hall–Kier alpha value is -1.81. The second-order valence-corrected chi connectivity index (χ2v) is 7.24. The summed E-state index contributed by atoms with van der Waals surface area (Å²) in [5.74, 6) is 1.77. The fourth-order valence-electron chi connectivity index (χ4n) is 3.74. The molecular weight excluding hydrogens is 320 g/mol. The van der Waals surface area contributed by atoms with Crippen LogP contribution >= 0.6 is 11.6 Å². The topological polar surface area (TPSA) is 41.1 Å².